The van der Waals surface area contributed by atoms with Crippen molar-refractivity contribution in [2.45, 2.75) is 13.0 Å². The quantitative estimate of drug-likeness (QED) is 0.490. The fourth-order valence-electron chi connectivity index (χ4n) is 3.45. The molecule has 9 heteroatoms. The number of thiazole rings is 1. The summed E-state index contributed by atoms with van der Waals surface area (Å²) in [5, 5.41) is 5.35. The first-order valence-electron chi connectivity index (χ1n) is 10.0. The maximum Gasteiger partial charge on any atom is 0.251 e. The number of aromatic nitrogens is 2. The number of carbonyl (C=O) groups excluding carboxylic acids is 3. The van der Waals surface area contributed by atoms with E-state index in [1.54, 1.807) is 46.3 Å². The van der Waals surface area contributed by atoms with Crippen LogP contribution in [-0.4, -0.2) is 59.2 Å². The second kappa shape index (κ2) is 8.43. The van der Waals surface area contributed by atoms with E-state index in [-0.39, 0.29) is 17.7 Å². The van der Waals surface area contributed by atoms with Crippen molar-refractivity contribution in [1.29, 1.82) is 0 Å². The molecule has 2 aromatic heterocycles. The van der Waals surface area contributed by atoms with Gasteiger partial charge in [0.05, 0.1) is 15.9 Å². The summed E-state index contributed by atoms with van der Waals surface area (Å²) in [4.78, 5) is 43.3. The fraction of sp³-hybridized carbons (Fsp3) is 0.217. The summed E-state index contributed by atoms with van der Waals surface area (Å²) in [5.41, 5.74) is 3.75. The van der Waals surface area contributed by atoms with Crippen LogP contribution >= 0.6 is 11.3 Å². The first-order valence-corrected chi connectivity index (χ1v) is 10.9. The Bertz CT molecular complexity index is 1340. The summed E-state index contributed by atoms with van der Waals surface area (Å²) in [5.74, 6) is -0.587. The van der Waals surface area contributed by atoms with E-state index in [4.69, 9.17) is 4.98 Å². The molecule has 0 aliphatic rings. The molecule has 164 valence electrons. The van der Waals surface area contributed by atoms with Gasteiger partial charge in [0.25, 0.3) is 11.8 Å². The number of hydrogen-bond acceptors (Lipinski definition) is 5. The molecule has 0 aliphatic carbocycles. The number of carbonyl (C=O) groups is 3. The third-order valence-electron chi connectivity index (χ3n) is 5.19. The summed E-state index contributed by atoms with van der Waals surface area (Å²) in [6.07, 6.45) is 1.95. The molecular formula is C23H23N5O3S. The van der Waals surface area contributed by atoms with E-state index in [1.165, 1.54) is 16.2 Å². The van der Waals surface area contributed by atoms with E-state index in [0.29, 0.717) is 11.1 Å². The molecule has 2 aromatic carbocycles. The van der Waals surface area contributed by atoms with E-state index in [0.717, 1.165) is 26.4 Å². The molecule has 2 N–H and O–H groups in total. The zero-order valence-electron chi connectivity index (χ0n) is 18.2. The number of benzene rings is 2. The predicted molar refractivity (Wildman–Crippen MR) is 125 cm³/mol. The largest absolute Gasteiger partial charge is 0.355 e. The van der Waals surface area contributed by atoms with Crippen LogP contribution in [0.2, 0.25) is 0 Å². The molecule has 0 fully saturated rings. The molecule has 4 rings (SSSR count). The molecule has 0 saturated carbocycles. The SMILES string of the molecule is CNC(=O)c1ccc(-c2cn3c(n2)sc2cc(C(=O)NC(C)C(=O)N(C)C)ccc23)cc1. The van der Waals surface area contributed by atoms with E-state index < -0.39 is 6.04 Å². The smallest absolute Gasteiger partial charge is 0.251 e. The number of fused-ring (bicyclic) bond motifs is 3. The molecule has 2 heterocycles. The van der Waals surface area contributed by atoms with Crippen LogP contribution in [0.5, 0.6) is 0 Å². The Labute approximate surface area is 188 Å². The Kier molecular flexibility index (Phi) is 5.67. The molecule has 32 heavy (non-hydrogen) atoms. The normalized spacial score (nSPS) is 12.0. The number of rotatable bonds is 5. The van der Waals surface area contributed by atoms with Gasteiger partial charge in [-0.1, -0.05) is 23.5 Å². The van der Waals surface area contributed by atoms with Crippen LogP contribution < -0.4 is 10.6 Å². The Hall–Kier alpha value is -3.72. The highest BCUT2D eigenvalue weighted by atomic mass is 32.1. The lowest BCUT2D eigenvalue weighted by Crippen LogP contribution is -2.44. The third-order valence-corrected chi connectivity index (χ3v) is 6.20. The van der Waals surface area contributed by atoms with Gasteiger partial charge in [0.2, 0.25) is 5.91 Å². The molecule has 0 aliphatic heterocycles. The van der Waals surface area contributed by atoms with Crippen LogP contribution in [0, 0.1) is 0 Å². The van der Waals surface area contributed by atoms with Gasteiger partial charge in [-0.25, -0.2) is 4.98 Å². The highest BCUT2D eigenvalue weighted by molar-refractivity contribution is 7.23. The summed E-state index contributed by atoms with van der Waals surface area (Å²) in [6.45, 7) is 1.67. The predicted octanol–water partition coefficient (Wildman–Crippen LogP) is 2.78. The molecule has 4 aromatic rings. The van der Waals surface area contributed by atoms with E-state index in [2.05, 4.69) is 10.6 Å². The highest BCUT2D eigenvalue weighted by Crippen LogP contribution is 2.30. The van der Waals surface area contributed by atoms with Crippen LogP contribution in [0.4, 0.5) is 0 Å². The first-order chi connectivity index (χ1) is 15.3. The Morgan fingerprint density at radius 1 is 1.03 bits per heavy atom. The summed E-state index contributed by atoms with van der Waals surface area (Å²) in [7, 11) is 4.91. The number of nitrogens with zero attached hydrogens (tertiary/aromatic N) is 3. The monoisotopic (exact) mass is 449 g/mol. The molecule has 3 amide bonds. The van der Waals surface area contributed by atoms with Gasteiger partial charge in [0.1, 0.15) is 6.04 Å². The zero-order valence-corrected chi connectivity index (χ0v) is 19.0. The van der Waals surface area contributed by atoms with Crippen LogP contribution in [0.1, 0.15) is 27.6 Å². The number of nitrogens with one attached hydrogen (secondary N) is 2. The Morgan fingerprint density at radius 2 is 1.72 bits per heavy atom. The van der Waals surface area contributed by atoms with Gasteiger partial charge >= 0.3 is 0 Å². The van der Waals surface area contributed by atoms with E-state index in [9.17, 15) is 14.4 Å². The van der Waals surface area contributed by atoms with Crippen molar-refractivity contribution < 1.29 is 14.4 Å². The second-order valence-corrected chi connectivity index (χ2v) is 8.66. The van der Waals surface area contributed by atoms with Gasteiger partial charge in [-0.15, -0.1) is 0 Å². The number of hydrogen-bond donors (Lipinski definition) is 2. The molecular weight excluding hydrogens is 426 g/mol. The maximum atomic E-state index is 12.6. The summed E-state index contributed by atoms with van der Waals surface area (Å²) in [6, 6.07) is 12.1. The molecule has 0 saturated heterocycles. The standard InChI is InChI=1S/C23H23N5O3S/c1-13(22(31)27(3)4)25-21(30)16-9-10-18-19(11-16)32-23-26-17(12-28(18)23)14-5-7-15(8-6-14)20(29)24-2/h5-13H,1-4H3,(H,24,29)(H,25,30). The zero-order chi connectivity index (χ0) is 23.0. The van der Waals surface area contributed by atoms with Crippen molar-refractivity contribution in [1.82, 2.24) is 24.9 Å². The maximum absolute atomic E-state index is 12.6. The van der Waals surface area contributed by atoms with Crippen molar-refractivity contribution in [2.75, 3.05) is 21.1 Å². The van der Waals surface area contributed by atoms with Crippen LogP contribution in [0.25, 0.3) is 26.4 Å². The van der Waals surface area contributed by atoms with E-state index in [1.807, 2.05) is 34.9 Å². The van der Waals surface area contributed by atoms with Gasteiger partial charge < -0.3 is 15.5 Å². The average molecular weight is 450 g/mol. The second-order valence-electron chi connectivity index (χ2n) is 7.65. The highest BCUT2D eigenvalue weighted by Gasteiger charge is 2.19. The molecule has 0 bridgehead atoms. The number of likely N-dealkylation sites (N-methyl/N-ethyl adjacent to an activating group) is 1. The van der Waals surface area contributed by atoms with Crippen molar-refractivity contribution >= 4 is 44.2 Å². The lowest BCUT2D eigenvalue weighted by molar-refractivity contribution is -0.130. The molecule has 0 radical (unpaired) electrons. The van der Waals surface area contributed by atoms with Crippen molar-refractivity contribution in [2.24, 2.45) is 0 Å². The first kappa shape index (κ1) is 21.5. The van der Waals surface area contributed by atoms with Crippen LogP contribution in [0.15, 0.2) is 48.7 Å². The molecule has 8 nitrogen and oxygen atoms in total. The Balaban J connectivity index is 1.59. The van der Waals surface area contributed by atoms with Crippen molar-refractivity contribution in [3.63, 3.8) is 0 Å². The topological polar surface area (TPSA) is 95.8 Å². The minimum absolute atomic E-state index is 0.131. The lowest BCUT2D eigenvalue weighted by atomic mass is 10.1. The minimum Gasteiger partial charge on any atom is -0.355 e. The molecule has 0 spiro atoms. The van der Waals surface area contributed by atoms with Gasteiger partial charge in [-0.2, -0.15) is 0 Å². The van der Waals surface area contributed by atoms with Gasteiger partial charge in [0.15, 0.2) is 4.96 Å². The molecule has 1 unspecified atom stereocenters. The number of imidazole rings is 1. The molecule has 1 atom stereocenters. The Morgan fingerprint density at radius 3 is 2.38 bits per heavy atom. The third kappa shape index (κ3) is 3.94. The van der Waals surface area contributed by atoms with E-state index >= 15 is 0 Å². The lowest BCUT2D eigenvalue weighted by Gasteiger charge is -2.17. The average Bonchev–Trinajstić information content (AvgIpc) is 3.35. The van der Waals surface area contributed by atoms with Gasteiger partial charge in [-0.05, 0) is 37.3 Å². The minimum atomic E-state index is -0.605. The van der Waals surface area contributed by atoms with Crippen LogP contribution in [-0.2, 0) is 4.79 Å². The fourth-order valence-corrected chi connectivity index (χ4v) is 4.49. The van der Waals surface area contributed by atoms with Crippen molar-refractivity contribution in [3.05, 3.63) is 59.8 Å². The van der Waals surface area contributed by atoms with Crippen LogP contribution in [0.3, 0.4) is 0 Å². The van der Waals surface area contributed by atoms with Crippen molar-refractivity contribution in [3.8, 4) is 11.3 Å². The summed E-state index contributed by atoms with van der Waals surface area (Å²) >= 11 is 1.48. The number of amides is 3. The summed E-state index contributed by atoms with van der Waals surface area (Å²) < 4.78 is 2.91. The van der Waals surface area contributed by atoms with Gasteiger partial charge in [-0.3, -0.25) is 18.8 Å². The van der Waals surface area contributed by atoms with Gasteiger partial charge in [0, 0.05) is 44.0 Å².